The van der Waals surface area contributed by atoms with Gasteiger partial charge in [0, 0.05) is 6.54 Å². The molecule has 4 rings (SSSR count). The molecule has 2 aromatic carbocycles. The van der Waals surface area contributed by atoms with Gasteiger partial charge in [0.1, 0.15) is 0 Å². The van der Waals surface area contributed by atoms with Gasteiger partial charge in [-0.15, -0.1) is 0 Å². The Balaban J connectivity index is 1.68. The zero-order chi connectivity index (χ0) is 17.9. The van der Waals surface area contributed by atoms with Gasteiger partial charge in [0.05, 0.1) is 10.6 Å². The molecule has 26 heavy (non-hydrogen) atoms. The van der Waals surface area contributed by atoms with Gasteiger partial charge in [-0.2, -0.15) is 0 Å². The van der Waals surface area contributed by atoms with Gasteiger partial charge in [-0.1, -0.05) is 31.2 Å². The number of ether oxygens (including phenoxy) is 2. The van der Waals surface area contributed by atoms with Crippen LogP contribution in [0.15, 0.2) is 58.4 Å². The minimum atomic E-state index is -0.0614. The fraction of sp³-hybridized carbons (Fsp3) is 0.200. The number of carbonyl (C=O) groups excluding carboxylic acids is 1. The average molecular weight is 366 g/mol. The minimum absolute atomic E-state index is 0.0614. The number of fused-ring (bicyclic) bond motifs is 1. The maximum absolute atomic E-state index is 13.0. The highest BCUT2D eigenvalue weighted by Gasteiger charge is 2.34. The van der Waals surface area contributed by atoms with Gasteiger partial charge in [-0.25, -0.2) is 0 Å². The number of amidine groups is 1. The van der Waals surface area contributed by atoms with E-state index in [4.69, 9.17) is 9.47 Å². The predicted molar refractivity (Wildman–Crippen MR) is 105 cm³/mol. The number of anilines is 1. The second kappa shape index (κ2) is 7.25. The van der Waals surface area contributed by atoms with E-state index in [0.717, 1.165) is 28.6 Å². The lowest BCUT2D eigenvalue weighted by molar-refractivity contribution is -0.113. The fourth-order valence-corrected chi connectivity index (χ4v) is 3.75. The Morgan fingerprint density at radius 2 is 1.96 bits per heavy atom. The highest BCUT2D eigenvalue weighted by molar-refractivity contribution is 8.19. The molecule has 5 nitrogen and oxygen atoms in total. The quantitative estimate of drug-likeness (QED) is 0.757. The Hall–Kier alpha value is -2.73. The van der Waals surface area contributed by atoms with Crippen molar-refractivity contribution in [2.75, 3.05) is 18.2 Å². The third kappa shape index (κ3) is 3.20. The van der Waals surface area contributed by atoms with Crippen molar-refractivity contribution in [3.05, 3.63) is 59.0 Å². The summed E-state index contributed by atoms with van der Waals surface area (Å²) < 4.78 is 10.8. The second-order valence-electron chi connectivity index (χ2n) is 5.86. The summed E-state index contributed by atoms with van der Waals surface area (Å²) in [7, 11) is 0. The van der Waals surface area contributed by atoms with Crippen molar-refractivity contribution >= 4 is 34.6 Å². The van der Waals surface area contributed by atoms with Crippen LogP contribution in [0.1, 0.15) is 18.9 Å². The molecule has 0 saturated carbocycles. The monoisotopic (exact) mass is 366 g/mol. The Kier molecular flexibility index (Phi) is 4.67. The van der Waals surface area contributed by atoms with Crippen molar-refractivity contribution in [3.63, 3.8) is 0 Å². The Morgan fingerprint density at radius 1 is 1.15 bits per heavy atom. The zero-order valence-corrected chi connectivity index (χ0v) is 15.2. The smallest absolute Gasteiger partial charge is 0.271 e. The lowest BCUT2D eigenvalue weighted by atomic mass is 10.2. The molecule has 0 aromatic heterocycles. The Bertz CT molecular complexity index is 893. The first-order valence-electron chi connectivity index (χ1n) is 8.49. The van der Waals surface area contributed by atoms with Crippen LogP contribution in [0.4, 0.5) is 5.69 Å². The molecule has 6 heteroatoms. The van der Waals surface area contributed by atoms with Crippen LogP contribution in [-0.2, 0) is 4.79 Å². The first kappa shape index (κ1) is 16.7. The van der Waals surface area contributed by atoms with Crippen molar-refractivity contribution in [1.29, 1.82) is 0 Å². The average Bonchev–Trinajstić information content (AvgIpc) is 3.25. The van der Waals surface area contributed by atoms with Gasteiger partial charge in [0.2, 0.25) is 6.79 Å². The second-order valence-corrected chi connectivity index (χ2v) is 6.87. The van der Waals surface area contributed by atoms with E-state index in [2.05, 4.69) is 11.9 Å². The van der Waals surface area contributed by atoms with E-state index in [0.29, 0.717) is 17.2 Å². The minimum Gasteiger partial charge on any atom is -0.454 e. The lowest BCUT2D eigenvalue weighted by Crippen LogP contribution is -2.28. The van der Waals surface area contributed by atoms with E-state index in [9.17, 15) is 4.79 Å². The third-order valence-corrected chi connectivity index (χ3v) is 4.99. The molecule has 0 spiro atoms. The van der Waals surface area contributed by atoms with Crippen molar-refractivity contribution < 1.29 is 14.3 Å². The van der Waals surface area contributed by atoms with Crippen LogP contribution in [-0.4, -0.2) is 24.4 Å². The lowest BCUT2D eigenvalue weighted by Gasteiger charge is -2.15. The normalized spacial score (nSPS) is 19.0. The molecule has 2 aromatic rings. The molecule has 132 valence electrons. The van der Waals surface area contributed by atoms with E-state index < -0.39 is 0 Å². The van der Waals surface area contributed by atoms with Gasteiger partial charge < -0.3 is 9.47 Å². The number of nitrogens with zero attached hydrogens (tertiary/aromatic N) is 2. The zero-order valence-electron chi connectivity index (χ0n) is 14.3. The van der Waals surface area contributed by atoms with Crippen LogP contribution in [0.25, 0.3) is 6.08 Å². The molecule has 0 unspecified atom stereocenters. The van der Waals surface area contributed by atoms with E-state index in [1.54, 1.807) is 4.90 Å². The molecule has 0 N–H and O–H groups in total. The summed E-state index contributed by atoms with van der Waals surface area (Å²) in [6, 6.07) is 15.3. The fourth-order valence-electron chi connectivity index (χ4n) is 2.75. The molecule has 0 aliphatic carbocycles. The maximum Gasteiger partial charge on any atom is 0.271 e. The first-order chi connectivity index (χ1) is 12.8. The number of hydrogen-bond acceptors (Lipinski definition) is 5. The van der Waals surface area contributed by atoms with Crippen LogP contribution in [0.2, 0.25) is 0 Å². The van der Waals surface area contributed by atoms with E-state index in [-0.39, 0.29) is 12.7 Å². The third-order valence-electron chi connectivity index (χ3n) is 3.99. The van der Waals surface area contributed by atoms with Crippen LogP contribution in [0.5, 0.6) is 11.5 Å². The van der Waals surface area contributed by atoms with E-state index in [1.165, 1.54) is 11.8 Å². The number of thioether (sulfide) groups is 1. The molecular formula is C20H18N2O3S. The number of rotatable bonds is 4. The predicted octanol–water partition coefficient (Wildman–Crippen LogP) is 4.30. The van der Waals surface area contributed by atoms with Crippen molar-refractivity contribution in [2.24, 2.45) is 4.99 Å². The van der Waals surface area contributed by atoms with Crippen molar-refractivity contribution in [1.82, 2.24) is 0 Å². The van der Waals surface area contributed by atoms with Gasteiger partial charge in [-0.05, 0) is 54.1 Å². The summed E-state index contributed by atoms with van der Waals surface area (Å²) in [5, 5.41) is 0.718. The molecule has 0 atom stereocenters. The molecule has 1 fully saturated rings. The molecule has 2 aliphatic heterocycles. The van der Waals surface area contributed by atoms with Crippen molar-refractivity contribution in [3.8, 4) is 11.5 Å². The number of para-hydroxylation sites is 1. The number of amides is 1. The van der Waals surface area contributed by atoms with Crippen LogP contribution in [0, 0.1) is 0 Å². The molecular weight excluding hydrogens is 348 g/mol. The standard InChI is InChI=1S/C20H18N2O3S/c1-2-10-21-20-22(15-6-4-3-5-7-15)19(23)18(26-20)12-14-8-9-16-17(11-14)25-13-24-16/h3-9,11-12H,2,10,13H2,1H3/b18-12-,21-20?. The molecule has 0 radical (unpaired) electrons. The SMILES string of the molecule is CCCN=C1S/C(=C\c2ccc3c(c2)OCO3)C(=O)N1c1ccccc1. The summed E-state index contributed by atoms with van der Waals surface area (Å²) in [5.74, 6) is 1.37. The van der Waals surface area contributed by atoms with Crippen molar-refractivity contribution in [2.45, 2.75) is 13.3 Å². The summed E-state index contributed by atoms with van der Waals surface area (Å²) in [4.78, 5) is 19.9. The summed E-state index contributed by atoms with van der Waals surface area (Å²) in [6.45, 7) is 3.00. The Labute approximate surface area is 156 Å². The van der Waals surface area contributed by atoms with E-state index >= 15 is 0 Å². The van der Waals surface area contributed by atoms with Crippen LogP contribution >= 0.6 is 11.8 Å². The molecule has 1 saturated heterocycles. The largest absolute Gasteiger partial charge is 0.454 e. The molecule has 0 bridgehead atoms. The van der Waals surface area contributed by atoms with E-state index in [1.807, 2.05) is 54.6 Å². The van der Waals surface area contributed by atoms with Crippen LogP contribution < -0.4 is 14.4 Å². The van der Waals surface area contributed by atoms with Gasteiger partial charge in [0.25, 0.3) is 5.91 Å². The summed E-state index contributed by atoms with van der Waals surface area (Å²) in [5.41, 5.74) is 1.73. The summed E-state index contributed by atoms with van der Waals surface area (Å²) in [6.07, 6.45) is 2.81. The van der Waals surface area contributed by atoms with Gasteiger partial charge in [0.15, 0.2) is 16.7 Å². The highest BCUT2D eigenvalue weighted by Crippen LogP contribution is 2.38. The Morgan fingerprint density at radius 3 is 2.77 bits per heavy atom. The maximum atomic E-state index is 13.0. The topological polar surface area (TPSA) is 51.1 Å². The first-order valence-corrected chi connectivity index (χ1v) is 9.31. The number of benzene rings is 2. The van der Waals surface area contributed by atoms with Gasteiger partial charge >= 0.3 is 0 Å². The molecule has 2 aliphatic rings. The number of aliphatic imine (C=N–C) groups is 1. The number of carbonyl (C=O) groups is 1. The van der Waals surface area contributed by atoms with Crippen LogP contribution in [0.3, 0.4) is 0 Å². The molecule has 1 amide bonds. The molecule has 2 heterocycles. The van der Waals surface area contributed by atoms with Gasteiger partial charge in [-0.3, -0.25) is 14.7 Å². The highest BCUT2D eigenvalue weighted by atomic mass is 32.2. The number of hydrogen-bond donors (Lipinski definition) is 0. The summed E-state index contributed by atoms with van der Waals surface area (Å²) >= 11 is 1.41.